The van der Waals surface area contributed by atoms with Crippen LogP contribution < -0.4 is 21.3 Å². The highest BCUT2D eigenvalue weighted by atomic mass is 19.1. The second-order valence-electron chi connectivity index (χ2n) is 7.02. The van der Waals surface area contributed by atoms with E-state index in [1.54, 1.807) is 31.2 Å². The fourth-order valence-electron chi connectivity index (χ4n) is 3.02. The van der Waals surface area contributed by atoms with E-state index in [0.29, 0.717) is 24.2 Å². The Morgan fingerprint density at radius 3 is 2.61 bits per heavy atom. The summed E-state index contributed by atoms with van der Waals surface area (Å²) in [7, 11) is 0. The summed E-state index contributed by atoms with van der Waals surface area (Å²) in [6.07, 6.45) is -0.129. The van der Waals surface area contributed by atoms with Crippen LogP contribution in [0.2, 0.25) is 0 Å². The van der Waals surface area contributed by atoms with Gasteiger partial charge in [0.15, 0.2) is 17.4 Å². The van der Waals surface area contributed by atoms with Gasteiger partial charge in [-0.05, 0) is 55.8 Å². The largest absolute Gasteiger partial charge is 0.488 e. The molecule has 3 aromatic rings. The van der Waals surface area contributed by atoms with Gasteiger partial charge in [0.05, 0.1) is 25.5 Å². The van der Waals surface area contributed by atoms with Crippen LogP contribution in [0.25, 0.3) is 11.3 Å². The predicted octanol–water partition coefficient (Wildman–Crippen LogP) is 3.53. The molecular formula is C23H24F2N4O4. The molecule has 0 aliphatic carbocycles. The Morgan fingerprint density at radius 2 is 1.91 bits per heavy atom. The Labute approximate surface area is 188 Å². The van der Waals surface area contributed by atoms with Crippen LogP contribution in [0, 0.1) is 11.6 Å². The average molecular weight is 458 g/mol. The topological polar surface area (TPSA) is 108 Å². The normalized spacial score (nSPS) is 10.7. The molecule has 0 radical (unpaired) electrons. The minimum absolute atomic E-state index is 0.0796. The number of carbonyl (C=O) groups excluding carboxylic acids is 1. The highest BCUT2D eigenvalue weighted by Crippen LogP contribution is 2.28. The van der Waals surface area contributed by atoms with E-state index < -0.39 is 29.0 Å². The summed E-state index contributed by atoms with van der Waals surface area (Å²) in [6.45, 7) is 2.45. The van der Waals surface area contributed by atoms with E-state index in [9.17, 15) is 18.4 Å². The number of anilines is 1. The molecular weight excluding hydrogens is 434 g/mol. The van der Waals surface area contributed by atoms with Crippen molar-refractivity contribution in [3.05, 3.63) is 76.1 Å². The van der Waals surface area contributed by atoms with E-state index in [2.05, 4.69) is 10.4 Å². The van der Waals surface area contributed by atoms with Gasteiger partial charge in [-0.25, -0.2) is 18.3 Å². The Kier molecular flexibility index (Phi) is 8.09. The van der Waals surface area contributed by atoms with Gasteiger partial charge in [-0.2, -0.15) is 5.10 Å². The van der Waals surface area contributed by atoms with Gasteiger partial charge in [-0.1, -0.05) is 12.1 Å². The fraction of sp³-hybridized carbons (Fsp3) is 0.261. The Morgan fingerprint density at radius 1 is 1.15 bits per heavy atom. The van der Waals surface area contributed by atoms with Crippen LogP contribution in [0.5, 0.6) is 5.75 Å². The summed E-state index contributed by atoms with van der Waals surface area (Å²) in [5.74, 6) is -2.23. The first-order valence-corrected chi connectivity index (χ1v) is 10.3. The Bertz CT molecular complexity index is 1160. The monoisotopic (exact) mass is 458 g/mol. The molecule has 10 heteroatoms. The van der Waals surface area contributed by atoms with E-state index in [4.69, 9.17) is 15.2 Å². The van der Waals surface area contributed by atoms with Crippen molar-refractivity contribution in [1.82, 2.24) is 9.78 Å². The van der Waals surface area contributed by atoms with Gasteiger partial charge in [-0.15, -0.1) is 0 Å². The zero-order valence-corrected chi connectivity index (χ0v) is 18.0. The molecule has 3 rings (SSSR count). The van der Waals surface area contributed by atoms with Gasteiger partial charge < -0.3 is 15.2 Å². The van der Waals surface area contributed by atoms with Gasteiger partial charge in [0.25, 0.3) is 5.56 Å². The minimum Gasteiger partial charge on any atom is -0.488 e. The van der Waals surface area contributed by atoms with Gasteiger partial charge in [0.1, 0.15) is 0 Å². The maximum Gasteiger partial charge on any atom is 0.411 e. The molecule has 8 nitrogen and oxygen atoms in total. The maximum absolute atomic E-state index is 14.4. The SMILES string of the molecule is CCOC(=O)Nc1cccc(Cn2nc(-c3cc(F)c(OCCCN)c(F)c3)ccc2=O)c1. The number of carbonyl (C=O) groups is 1. The molecule has 0 bridgehead atoms. The zero-order chi connectivity index (χ0) is 23.8. The molecule has 0 aliphatic rings. The summed E-state index contributed by atoms with van der Waals surface area (Å²) in [5, 5.41) is 6.83. The second-order valence-corrected chi connectivity index (χ2v) is 7.02. The highest BCUT2D eigenvalue weighted by molar-refractivity contribution is 5.84. The lowest BCUT2D eigenvalue weighted by Crippen LogP contribution is -2.23. The molecule has 0 fully saturated rings. The summed E-state index contributed by atoms with van der Waals surface area (Å²) in [5.41, 5.74) is 6.50. The van der Waals surface area contributed by atoms with E-state index in [0.717, 1.165) is 12.1 Å². The molecule has 0 unspecified atom stereocenters. The highest BCUT2D eigenvalue weighted by Gasteiger charge is 2.15. The van der Waals surface area contributed by atoms with Crippen LogP contribution in [0.4, 0.5) is 19.3 Å². The zero-order valence-electron chi connectivity index (χ0n) is 18.0. The van der Waals surface area contributed by atoms with Crippen LogP contribution in [-0.2, 0) is 11.3 Å². The summed E-state index contributed by atoms with van der Waals surface area (Å²) in [6, 6.07) is 11.7. The molecule has 174 valence electrons. The lowest BCUT2D eigenvalue weighted by molar-refractivity contribution is 0.168. The van der Waals surface area contributed by atoms with Crippen molar-refractivity contribution in [2.75, 3.05) is 25.1 Å². The maximum atomic E-state index is 14.4. The van der Waals surface area contributed by atoms with Crippen LogP contribution in [0.3, 0.4) is 0 Å². The summed E-state index contributed by atoms with van der Waals surface area (Å²) < 4.78 is 40.0. The van der Waals surface area contributed by atoms with Crippen LogP contribution in [0.15, 0.2) is 53.3 Å². The average Bonchev–Trinajstić information content (AvgIpc) is 2.77. The van der Waals surface area contributed by atoms with Crippen molar-refractivity contribution in [2.24, 2.45) is 5.73 Å². The number of aromatic nitrogens is 2. The van der Waals surface area contributed by atoms with Crippen molar-refractivity contribution in [3.8, 4) is 17.0 Å². The third-order valence-electron chi connectivity index (χ3n) is 4.54. The number of amides is 1. The van der Waals surface area contributed by atoms with Gasteiger partial charge >= 0.3 is 6.09 Å². The first-order valence-electron chi connectivity index (χ1n) is 10.3. The van der Waals surface area contributed by atoms with Crippen molar-refractivity contribution in [1.29, 1.82) is 0 Å². The van der Waals surface area contributed by atoms with Gasteiger partial charge in [0.2, 0.25) is 0 Å². The number of nitrogens with one attached hydrogen (secondary N) is 1. The van der Waals surface area contributed by atoms with Gasteiger partial charge in [0, 0.05) is 17.3 Å². The molecule has 0 spiro atoms. The number of hydrogen-bond acceptors (Lipinski definition) is 6. The fourth-order valence-corrected chi connectivity index (χ4v) is 3.02. The van der Waals surface area contributed by atoms with Crippen molar-refractivity contribution in [3.63, 3.8) is 0 Å². The van der Waals surface area contributed by atoms with E-state index >= 15 is 0 Å². The number of nitrogens with zero attached hydrogens (tertiary/aromatic N) is 2. The third kappa shape index (κ3) is 6.36. The predicted molar refractivity (Wildman–Crippen MR) is 119 cm³/mol. The summed E-state index contributed by atoms with van der Waals surface area (Å²) in [4.78, 5) is 23.9. The molecule has 1 amide bonds. The lowest BCUT2D eigenvalue weighted by Gasteiger charge is -2.11. The smallest absolute Gasteiger partial charge is 0.411 e. The van der Waals surface area contributed by atoms with Gasteiger partial charge in [-0.3, -0.25) is 10.1 Å². The molecule has 1 heterocycles. The van der Waals surface area contributed by atoms with E-state index in [-0.39, 0.29) is 31.0 Å². The molecule has 0 saturated heterocycles. The Hall–Kier alpha value is -3.79. The van der Waals surface area contributed by atoms with Crippen LogP contribution >= 0.6 is 0 Å². The molecule has 0 saturated carbocycles. The second kappa shape index (κ2) is 11.2. The number of halogens is 2. The molecule has 33 heavy (non-hydrogen) atoms. The summed E-state index contributed by atoms with van der Waals surface area (Å²) >= 11 is 0. The third-order valence-corrected chi connectivity index (χ3v) is 4.54. The number of ether oxygens (including phenoxy) is 2. The molecule has 1 aromatic heterocycles. The lowest BCUT2D eigenvalue weighted by atomic mass is 10.1. The molecule has 2 aromatic carbocycles. The Balaban J connectivity index is 1.83. The van der Waals surface area contributed by atoms with Crippen LogP contribution in [-0.4, -0.2) is 35.6 Å². The number of nitrogens with two attached hydrogens (primary N) is 1. The van der Waals surface area contributed by atoms with Crippen molar-refractivity contribution >= 4 is 11.8 Å². The first kappa shape index (κ1) is 23.9. The van der Waals surface area contributed by atoms with Crippen LogP contribution in [0.1, 0.15) is 18.9 Å². The minimum atomic E-state index is -0.876. The molecule has 0 aliphatic heterocycles. The quantitative estimate of drug-likeness (QED) is 0.475. The first-order chi connectivity index (χ1) is 15.9. The van der Waals surface area contributed by atoms with Crippen molar-refractivity contribution in [2.45, 2.75) is 19.9 Å². The number of hydrogen-bond donors (Lipinski definition) is 2. The van der Waals surface area contributed by atoms with E-state index in [1.807, 2.05) is 0 Å². The molecule has 0 atom stereocenters. The molecule has 3 N–H and O–H groups in total. The number of benzene rings is 2. The number of rotatable bonds is 9. The standard InChI is InChI=1S/C23H24F2N4O4/c1-2-32-23(31)27-17-6-3-5-15(11-17)14-29-21(30)8-7-20(28-29)16-12-18(24)22(19(25)13-16)33-10-4-9-26/h3,5-8,11-13H,2,4,9-10,14,26H2,1H3,(H,27,31). The van der Waals surface area contributed by atoms with E-state index in [1.165, 1.54) is 16.8 Å². The van der Waals surface area contributed by atoms with Crippen molar-refractivity contribution < 1.29 is 23.0 Å².